The predicted octanol–water partition coefficient (Wildman–Crippen LogP) is 3.20. The largest absolute Gasteiger partial charge is 0.493 e. The van der Waals surface area contributed by atoms with Crippen molar-refractivity contribution in [3.8, 4) is 17.3 Å². The van der Waals surface area contributed by atoms with E-state index in [1.54, 1.807) is 14.2 Å². The minimum Gasteiger partial charge on any atom is -0.493 e. The van der Waals surface area contributed by atoms with Crippen molar-refractivity contribution in [1.29, 1.82) is 0 Å². The molecule has 3 aromatic rings. The molecule has 0 saturated heterocycles. The lowest BCUT2D eigenvalue weighted by molar-refractivity contribution is 0.354. The first-order valence-electron chi connectivity index (χ1n) is 10.8. The Bertz CT molecular complexity index is 1040. The number of hydrogen-bond acceptors (Lipinski definition) is 5. The molecule has 0 amide bonds. The van der Waals surface area contributed by atoms with E-state index in [0.717, 1.165) is 65.3 Å². The Morgan fingerprint density at radius 2 is 1.78 bits per heavy atom. The summed E-state index contributed by atoms with van der Waals surface area (Å²) < 4.78 is 12.5. The number of aryl methyl sites for hydroxylation is 2. The van der Waals surface area contributed by atoms with Crippen molar-refractivity contribution in [2.75, 3.05) is 27.3 Å². The van der Waals surface area contributed by atoms with Crippen LogP contribution in [-0.2, 0) is 13.0 Å². The maximum absolute atomic E-state index is 5.38. The quantitative estimate of drug-likeness (QED) is 0.396. The highest BCUT2D eigenvalue weighted by Crippen LogP contribution is 2.27. The molecule has 2 aromatic heterocycles. The van der Waals surface area contributed by atoms with Gasteiger partial charge in [0, 0.05) is 25.0 Å². The third-order valence-electron chi connectivity index (χ3n) is 4.95. The van der Waals surface area contributed by atoms with Gasteiger partial charge in [0.25, 0.3) is 0 Å². The number of hydrogen-bond donors (Lipinski definition) is 2. The molecule has 0 aliphatic rings. The topological polar surface area (TPSA) is 85.6 Å². The van der Waals surface area contributed by atoms with E-state index >= 15 is 0 Å². The number of pyridine rings is 1. The minimum absolute atomic E-state index is 0.538. The minimum atomic E-state index is 0.538. The number of aromatic nitrogens is 3. The van der Waals surface area contributed by atoms with Crippen LogP contribution in [-0.4, -0.2) is 48.0 Å². The van der Waals surface area contributed by atoms with E-state index in [-0.39, 0.29) is 0 Å². The van der Waals surface area contributed by atoms with Gasteiger partial charge in [0.05, 0.1) is 26.5 Å². The van der Waals surface area contributed by atoms with Crippen molar-refractivity contribution in [2.24, 2.45) is 4.99 Å². The summed E-state index contributed by atoms with van der Waals surface area (Å²) in [4.78, 5) is 9.23. The molecule has 0 fully saturated rings. The Hall–Kier alpha value is -3.55. The van der Waals surface area contributed by atoms with Crippen molar-refractivity contribution in [1.82, 2.24) is 25.4 Å². The van der Waals surface area contributed by atoms with E-state index in [1.165, 1.54) is 0 Å². The Labute approximate surface area is 189 Å². The SMILES string of the molecule is CCNC(=NCc1ccc(-n2nc(C)cc2C)nc1)NCCc1ccc(OC)c(OC)c1. The van der Waals surface area contributed by atoms with Crippen LogP contribution in [0.1, 0.15) is 29.4 Å². The van der Waals surface area contributed by atoms with Gasteiger partial charge in [-0.3, -0.25) is 0 Å². The van der Waals surface area contributed by atoms with Crippen LogP contribution in [0, 0.1) is 13.8 Å². The van der Waals surface area contributed by atoms with Gasteiger partial charge in [-0.15, -0.1) is 0 Å². The lowest BCUT2D eigenvalue weighted by atomic mass is 10.1. The summed E-state index contributed by atoms with van der Waals surface area (Å²) >= 11 is 0. The number of aliphatic imine (C=N–C) groups is 1. The molecule has 2 heterocycles. The van der Waals surface area contributed by atoms with Crippen LogP contribution in [0.25, 0.3) is 5.82 Å². The van der Waals surface area contributed by atoms with Crippen LogP contribution in [0.4, 0.5) is 0 Å². The Kier molecular flexibility index (Phi) is 8.08. The molecule has 2 N–H and O–H groups in total. The second-order valence-corrected chi connectivity index (χ2v) is 7.42. The fourth-order valence-electron chi connectivity index (χ4n) is 3.37. The average Bonchev–Trinajstić information content (AvgIpc) is 3.15. The normalized spacial score (nSPS) is 11.3. The number of guanidine groups is 1. The fourth-order valence-corrected chi connectivity index (χ4v) is 3.37. The predicted molar refractivity (Wildman–Crippen MR) is 127 cm³/mol. The Balaban J connectivity index is 1.58. The van der Waals surface area contributed by atoms with Gasteiger partial charge in [-0.25, -0.2) is 14.7 Å². The maximum atomic E-state index is 5.38. The first-order chi connectivity index (χ1) is 15.5. The van der Waals surface area contributed by atoms with Crippen LogP contribution in [0.15, 0.2) is 47.6 Å². The van der Waals surface area contributed by atoms with E-state index in [2.05, 4.69) is 32.6 Å². The highest BCUT2D eigenvalue weighted by molar-refractivity contribution is 5.79. The molecule has 0 aliphatic carbocycles. The van der Waals surface area contributed by atoms with Crippen LogP contribution in [0.3, 0.4) is 0 Å². The molecule has 0 saturated carbocycles. The van der Waals surface area contributed by atoms with Crippen molar-refractivity contribution in [2.45, 2.75) is 33.7 Å². The molecule has 0 radical (unpaired) electrons. The van der Waals surface area contributed by atoms with Crippen LogP contribution >= 0.6 is 0 Å². The zero-order valence-corrected chi connectivity index (χ0v) is 19.5. The molecular weight excluding hydrogens is 404 g/mol. The lowest BCUT2D eigenvalue weighted by Crippen LogP contribution is -2.38. The third-order valence-corrected chi connectivity index (χ3v) is 4.95. The first-order valence-corrected chi connectivity index (χ1v) is 10.8. The highest BCUT2D eigenvalue weighted by atomic mass is 16.5. The molecule has 0 aliphatic heterocycles. The third kappa shape index (κ3) is 6.00. The molecule has 0 atom stereocenters. The van der Waals surface area contributed by atoms with Gasteiger partial charge in [-0.2, -0.15) is 5.10 Å². The number of methoxy groups -OCH3 is 2. The van der Waals surface area contributed by atoms with E-state index in [1.807, 2.05) is 61.1 Å². The Morgan fingerprint density at radius 3 is 2.41 bits per heavy atom. The first kappa shape index (κ1) is 23.1. The van der Waals surface area contributed by atoms with Crippen molar-refractivity contribution < 1.29 is 9.47 Å². The van der Waals surface area contributed by atoms with Crippen LogP contribution in [0.5, 0.6) is 11.5 Å². The number of rotatable bonds is 9. The molecule has 3 rings (SSSR count). The zero-order valence-electron chi connectivity index (χ0n) is 19.5. The molecule has 0 bridgehead atoms. The van der Waals surface area contributed by atoms with E-state index in [4.69, 9.17) is 9.47 Å². The second kappa shape index (κ2) is 11.2. The van der Waals surface area contributed by atoms with E-state index in [0.29, 0.717) is 6.54 Å². The summed E-state index contributed by atoms with van der Waals surface area (Å²) in [6.07, 6.45) is 2.69. The molecule has 8 nitrogen and oxygen atoms in total. The van der Waals surface area contributed by atoms with Gasteiger partial charge >= 0.3 is 0 Å². The summed E-state index contributed by atoms with van der Waals surface area (Å²) in [7, 11) is 3.29. The molecular formula is C24H32N6O2. The smallest absolute Gasteiger partial charge is 0.191 e. The summed E-state index contributed by atoms with van der Waals surface area (Å²) in [5.41, 5.74) is 4.24. The van der Waals surface area contributed by atoms with Gasteiger partial charge in [0.15, 0.2) is 23.3 Å². The van der Waals surface area contributed by atoms with Gasteiger partial charge in [0.1, 0.15) is 0 Å². The molecule has 0 spiro atoms. The van der Waals surface area contributed by atoms with Gasteiger partial charge in [-0.1, -0.05) is 12.1 Å². The van der Waals surface area contributed by atoms with Crippen molar-refractivity contribution in [3.05, 3.63) is 65.1 Å². The number of ether oxygens (including phenoxy) is 2. The molecule has 0 unspecified atom stereocenters. The maximum Gasteiger partial charge on any atom is 0.191 e. The molecule has 170 valence electrons. The molecule has 32 heavy (non-hydrogen) atoms. The molecule has 1 aromatic carbocycles. The lowest BCUT2D eigenvalue weighted by Gasteiger charge is -2.13. The van der Waals surface area contributed by atoms with Crippen LogP contribution < -0.4 is 20.1 Å². The monoisotopic (exact) mass is 436 g/mol. The number of nitrogens with zero attached hydrogens (tertiary/aromatic N) is 4. The number of benzene rings is 1. The second-order valence-electron chi connectivity index (χ2n) is 7.42. The summed E-state index contributed by atoms with van der Waals surface area (Å²) in [5.74, 6) is 3.05. The van der Waals surface area contributed by atoms with Gasteiger partial charge < -0.3 is 20.1 Å². The summed E-state index contributed by atoms with van der Waals surface area (Å²) in [5, 5.41) is 11.2. The Morgan fingerprint density at radius 1 is 1.00 bits per heavy atom. The van der Waals surface area contributed by atoms with Gasteiger partial charge in [-0.05, 0) is 62.6 Å². The summed E-state index contributed by atoms with van der Waals surface area (Å²) in [6, 6.07) is 12.0. The fraction of sp³-hybridized carbons (Fsp3) is 0.375. The zero-order chi connectivity index (χ0) is 22.9. The van der Waals surface area contributed by atoms with Crippen molar-refractivity contribution in [3.63, 3.8) is 0 Å². The number of nitrogens with one attached hydrogen (secondary N) is 2. The van der Waals surface area contributed by atoms with Crippen molar-refractivity contribution >= 4 is 5.96 Å². The van der Waals surface area contributed by atoms with E-state index in [9.17, 15) is 0 Å². The molecule has 8 heteroatoms. The van der Waals surface area contributed by atoms with Crippen LogP contribution in [0.2, 0.25) is 0 Å². The van der Waals surface area contributed by atoms with E-state index < -0.39 is 0 Å². The highest BCUT2D eigenvalue weighted by Gasteiger charge is 2.06. The van der Waals surface area contributed by atoms with Gasteiger partial charge in [0.2, 0.25) is 0 Å². The standard InChI is InChI=1S/C24H32N6O2/c1-6-25-24(26-12-11-19-7-9-21(31-4)22(14-19)32-5)28-16-20-8-10-23(27-15-20)30-18(3)13-17(2)29-30/h7-10,13-15H,6,11-12,16H2,1-5H3,(H2,25,26,28). The summed E-state index contributed by atoms with van der Waals surface area (Å²) in [6.45, 7) is 8.13. The average molecular weight is 437 g/mol.